The van der Waals surface area contributed by atoms with Crippen molar-refractivity contribution < 1.29 is 9.18 Å². The average molecular weight is 313 g/mol. The Kier molecular flexibility index (Phi) is 3.74. The van der Waals surface area contributed by atoms with Gasteiger partial charge in [0.25, 0.3) is 0 Å². The van der Waals surface area contributed by atoms with Crippen LogP contribution in [0.3, 0.4) is 0 Å². The molecule has 1 aromatic carbocycles. The highest BCUT2D eigenvalue weighted by Gasteiger charge is 2.15. The molecule has 0 amide bonds. The van der Waals surface area contributed by atoms with Crippen LogP contribution in [0.5, 0.6) is 0 Å². The van der Waals surface area contributed by atoms with Crippen molar-refractivity contribution in [3.63, 3.8) is 0 Å². The van der Waals surface area contributed by atoms with Crippen LogP contribution in [0, 0.1) is 12.7 Å². The molecule has 1 heterocycles. The van der Waals surface area contributed by atoms with Crippen molar-refractivity contribution in [3.8, 4) is 0 Å². The highest BCUT2D eigenvalue weighted by Crippen LogP contribution is 2.25. The van der Waals surface area contributed by atoms with Gasteiger partial charge in [0.15, 0.2) is 5.78 Å². The molecule has 0 atom stereocenters. The molecule has 88 valence electrons. The lowest BCUT2D eigenvalue weighted by Crippen LogP contribution is -2.06. The molecule has 0 unspecified atom stereocenters. The number of aryl methyl sites for hydroxylation is 1. The van der Waals surface area contributed by atoms with Crippen molar-refractivity contribution >= 4 is 33.0 Å². The first-order valence-corrected chi connectivity index (χ1v) is 6.77. The molecule has 0 N–H and O–H groups in total. The maximum absolute atomic E-state index is 13.8. The van der Waals surface area contributed by atoms with Gasteiger partial charge < -0.3 is 0 Å². The van der Waals surface area contributed by atoms with E-state index in [1.165, 1.54) is 17.4 Å². The van der Waals surface area contributed by atoms with Crippen LogP contribution in [0.1, 0.15) is 20.8 Å². The summed E-state index contributed by atoms with van der Waals surface area (Å²) in [5, 5.41) is 1.90. The van der Waals surface area contributed by atoms with Gasteiger partial charge in [0.2, 0.25) is 0 Å². The van der Waals surface area contributed by atoms with Crippen LogP contribution in [0.4, 0.5) is 4.39 Å². The average Bonchev–Trinajstić information content (AvgIpc) is 2.68. The molecule has 0 bridgehead atoms. The van der Waals surface area contributed by atoms with Gasteiger partial charge in [-0.2, -0.15) is 0 Å². The fourth-order valence-corrected chi connectivity index (χ4v) is 3.05. The van der Waals surface area contributed by atoms with E-state index in [0.29, 0.717) is 5.56 Å². The van der Waals surface area contributed by atoms with Gasteiger partial charge in [-0.25, -0.2) is 4.39 Å². The lowest BCUT2D eigenvalue weighted by molar-refractivity contribution is 0.0989. The number of carbonyl (C=O) groups is 1. The summed E-state index contributed by atoms with van der Waals surface area (Å²) in [6.07, 6.45) is 0.235. The lowest BCUT2D eigenvalue weighted by Gasteiger charge is -2.04. The van der Waals surface area contributed by atoms with Crippen molar-refractivity contribution in [2.24, 2.45) is 0 Å². The minimum absolute atomic E-state index is 0.172. The van der Waals surface area contributed by atoms with Crippen LogP contribution in [0.15, 0.2) is 34.1 Å². The third-order valence-electron chi connectivity index (χ3n) is 2.50. The van der Waals surface area contributed by atoms with E-state index in [0.717, 1.165) is 9.35 Å². The maximum atomic E-state index is 13.8. The maximum Gasteiger partial charge on any atom is 0.171 e. The minimum atomic E-state index is -0.412. The van der Waals surface area contributed by atoms with Crippen LogP contribution in [0.2, 0.25) is 0 Å². The zero-order chi connectivity index (χ0) is 12.4. The molecule has 1 nitrogen and oxygen atoms in total. The van der Waals surface area contributed by atoms with Crippen LogP contribution in [0.25, 0.3) is 0 Å². The summed E-state index contributed by atoms with van der Waals surface area (Å²) in [7, 11) is 0. The van der Waals surface area contributed by atoms with E-state index in [4.69, 9.17) is 0 Å². The number of benzene rings is 1. The van der Waals surface area contributed by atoms with Crippen molar-refractivity contribution in [1.82, 2.24) is 0 Å². The van der Waals surface area contributed by atoms with Crippen LogP contribution in [-0.2, 0) is 6.42 Å². The van der Waals surface area contributed by atoms with Crippen LogP contribution in [-0.4, -0.2) is 5.78 Å². The number of rotatable bonds is 3. The Morgan fingerprint density at radius 3 is 2.82 bits per heavy atom. The number of Topliss-reactive ketones (excluding diaryl/α,β-unsaturated/α-hetero) is 1. The molecule has 0 aliphatic heterocycles. The lowest BCUT2D eigenvalue weighted by atomic mass is 10.0. The molecule has 0 saturated carbocycles. The van der Waals surface area contributed by atoms with E-state index in [1.54, 1.807) is 19.1 Å². The zero-order valence-corrected chi connectivity index (χ0v) is 11.6. The van der Waals surface area contributed by atoms with Gasteiger partial charge in [-0.15, -0.1) is 11.3 Å². The molecule has 2 aromatic rings. The molecular weight excluding hydrogens is 303 g/mol. The predicted octanol–water partition coefficient (Wildman–Crippen LogP) is 4.38. The van der Waals surface area contributed by atoms with Gasteiger partial charge >= 0.3 is 0 Å². The number of halogens is 2. The molecule has 0 spiro atoms. The largest absolute Gasteiger partial charge is 0.294 e. The van der Waals surface area contributed by atoms with E-state index in [9.17, 15) is 9.18 Å². The normalized spacial score (nSPS) is 10.5. The molecule has 0 aliphatic carbocycles. The molecule has 0 aliphatic rings. The van der Waals surface area contributed by atoms with E-state index < -0.39 is 5.82 Å². The summed E-state index contributed by atoms with van der Waals surface area (Å²) in [6.45, 7) is 1.66. The third kappa shape index (κ3) is 2.64. The molecule has 2 rings (SSSR count). The van der Waals surface area contributed by atoms with E-state index in [2.05, 4.69) is 15.9 Å². The van der Waals surface area contributed by atoms with Crippen LogP contribution < -0.4 is 0 Å². The summed E-state index contributed by atoms with van der Waals surface area (Å²) in [5.74, 6) is -0.598. The monoisotopic (exact) mass is 312 g/mol. The summed E-state index contributed by atoms with van der Waals surface area (Å²) < 4.78 is 14.7. The Morgan fingerprint density at radius 2 is 2.18 bits per heavy atom. The Balaban J connectivity index is 2.27. The topological polar surface area (TPSA) is 17.1 Å². The second-order valence-corrected chi connectivity index (χ2v) is 5.58. The van der Waals surface area contributed by atoms with Crippen molar-refractivity contribution in [2.75, 3.05) is 0 Å². The molecule has 0 radical (unpaired) electrons. The zero-order valence-electron chi connectivity index (χ0n) is 9.17. The standard InChI is InChI=1S/C13H10BrFOS/c1-8-3-2-4-9(13(8)15)11(16)7-12-10(14)5-6-17-12/h2-6H,7H2,1H3. The van der Waals surface area contributed by atoms with Crippen LogP contribution >= 0.6 is 27.3 Å². The molecule has 4 heteroatoms. The van der Waals surface area contributed by atoms with Crippen molar-refractivity contribution in [1.29, 1.82) is 0 Å². The molecule has 0 saturated heterocycles. The number of ketones is 1. The second-order valence-electron chi connectivity index (χ2n) is 3.73. The highest BCUT2D eigenvalue weighted by molar-refractivity contribution is 9.10. The first kappa shape index (κ1) is 12.5. The first-order chi connectivity index (χ1) is 8.09. The molecule has 0 fully saturated rings. The molecule has 1 aromatic heterocycles. The van der Waals surface area contributed by atoms with E-state index >= 15 is 0 Å². The fraction of sp³-hybridized carbons (Fsp3) is 0.154. The Labute approximate surface area is 111 Å². The third-order valence-corrected chi connectivity index (χ3v) is 4.43. The Hall–Kier alpha value is -1.000. The summed E-state index contributed by atoms with van der Waals surface area (Å²) in [5.41, 5.74) is 0.673. The number of hydrogen-bond acceptors (Lipinski definition) is 2. The quantitative estimate of drug-likeness (QED) is 0.768. The van der Waals surface area contributed by atoms with Gasteiger partial charge in [-0.1, -0.05) is 12.1 Å². The summed E-state index contributed by atoms with van der Waals surface area (Å²) in [6, 6.07) is 6.79. The smallest absolute Gasteiger partial charge is 0.171 e. The van der Waals surface area contributed by atoms with E-state index in [1.807, 2.05) is 11.4 Å². The van der Waals surface area contributed by atoms with E-state index in [-0.39, 0.29) is 17.8 Å². The Morgan fingerprint density at radius 1 is 1.41 bits per heavy atom. The molecule has 17 heavy (non-hydrogen) atoms. The second kappa shape index (κ2) is 5.10. The van der Waals surface area contributed by atoms with Gasteiger partial charge in [0.1, 0.15) is 5.82 Å². The van der Waals surface area contributed by atoms with Gasteiger partial charge in [0, 0.05) is 15.8 Å². The minimum Gasteiger partial charge on any atom is -0.294 e. The highest BCUT2D eigenvalue weighted by atomic mass is 79.9. The summed E-state index contributed by atoms with van der Waals surface area (Å²) >= 11 is 4.86. The van der Waals surface area contributed by atoms with Crippen molar-refractivity contribution in [2.45, 2.75) is 13.3 Å². The van der Waals surface area contributed by atoms with Gasteiger partial charge in [-0.3, -0.25) is 4.79 Å². The number of hydrogen-bond donors (Lipinski definition) is 0. The predicted molar refractivity (Wildman–Crippen MR) is 71.2 cm³/mol. The summed E-state index contributed by atoms with van der Waals surface area (Å²) in [4.78, 5) is 12.9. The number of thiophene rings is 1. The number of carbonyl (C=O) groups excluding carboxylic acids is 1. The Bertz CT molecular complexity index is 562. The fourth-order valence-electron chi connectivity index (χ4n) is 1.56. The van der Waals surface area contributed by atoms with Crippen molar-refractivity contribution in [3.05, 3.63) is 55.9 Å². The SMILES string of the molecule is Cc1cccc(C(=O)Cc2sccc2Br)c1F. The van der Waals surface area contributed by atoms with Gasteiger partial charge in [-0.05, 0) is 45.9 Å². The first-order valence-electron chi connectivity index (χ1n) is 5.10. The van der Waals surface area contributed by atoms with Gasteiger partial charge in [0.05, 0.1) is 5.56 Å². The molecular formula is C13H10BrFOS.